The second kappa shape index (κ2) is 4.98. The summed E-state index contributed by atoms with van der Waals surface area (Å²) in [5.74, 6) is -0.767. The van der Waals surface area contributed by atoms with Crippen molar-refractivity contribution in [3.05, 3.63) is 59.2 Å². The highest BCUT2D eigenvalue weighted by molar-refractivity contribution is 6.22. The second-order valence-corrected chi connectivity index (χ2v) is 5.51. The molecule has 1 aromatic carbocycles. The minimum Gasteiger partial charge on any atom is -0.267 e. The minimum atomic E-state index is -0.608. The maximum absolute atomic E-state index is 12.3. The van der Waals surface area contributed by atoms with Crippen LogP contribution in [0.5, 0.6) is 0 Å². The lowest BCUT2D eigenvalue weighted by molar-refractivity contribution is 0.0516. The molecule has 7 heteroatoms. The summed E-state index contributed by atoms with van der Waals surface area (Å²) in [5, 5.41) is 0.728. The van der Waals surface area contributed by atoms with Gasteiger partial charge < -0.3 is 0 Å². The number of fused-ring (bicyclic) bond motifs is 1. The topological polar surface area (TPSA) is 92.3 Å². The Bertz CT molecular complexity index is 810. The van der Waals surface area contributed by atoms with E-state index in [9.17, 15) is 14.4 Å². The van der Waals surface area contributed by atoms with Crippen molar-refractivity contribution in [3.63, 3.8) is 0 Å². The van der Waals surface area contributed by atoms with Crippen LogP contribution in [0.15, 0.2) is 36.5 Å². The van der Waals surface area contributed by atoms with Gasteiger partial charge in [-0.1, -0.05) is 12.1 Å². The van der Waals surface area contributed by atoms with Crippen LogP contribution in [0, 0.1) is 0 Å². The molecule has 1 aromatic heterocycles. The standard InChI is InChI=1S/C16H12N4O3/c21-14(12-7-8-17-13(18-12)9-5-6-9)19-20-15(22)10-3-1-2-4-11(10)16(20)23/h1-4,7-9H,5-6H2,(H,19,21). The van der Waals surface area contributed by atoms with E-state index in [1.165, 1.54) is 12.3 Å². The van der Waals surface area contributed by atoms with Gasteiger partial charge in [-0.2, -0.15) is 5.01 Å². The molecule has 7 nitrogen and oxygen atoms in total. The Labute approximate surface area is 131 Å². The molecule has 1 N–H and O–H groups in total. The number of hydrazine groups is 1. The van der Waals surface area contributed by atoms with Crippen molar-refractivity contribution < 1.29 is 14.4 Å². The largest absolute Gasteiger partial charge is 0.289 e. The summed E-state index contributed by atoms with van der Waals surface area (Å²) in [6, 6.07) is 7.90. The molecule has 2 aromatic rings. The first-order valence-corrected chi connectivity index (χ1v) is 7.27. The van der Waals surface area contributed by atoms with Gasteiger partial charge in [-0.3, -0.25) is 19.8 Å². The number of rotatable bonds is 3. The van der Waals surface area contributed by atoms with E-state index < -0.39 is 17.7 Å². The van der Waals surface area contributed by atoms with Gasteiger partial charge in [0.25, 0.3) is 17.7 Å². The first-order valence-electron chi connectivity index (χ1n) is 7.27. The Balaban J connectivity index is 1.57. The molecule has 0 radical (unpaired) electrons. The van der Waals surface area contributed by atoms with Gasteiger partial charge in [-0.05, 0) is 31.0 Å². The number of imide groups is 1. The molecule has 114 valence electrons. The van der Waals surface area contributed by atoms with E-state index >= 15 is 0 Å². The number of aromatic nitrogens is 2. The third kappa shape index (κ3) is 2.26. The Morgan fingerprint density at radius 3 is 2.35 bits per heavy atom. The van der Waals surface area contributed by atoms with Gasteiger partial charge in [0.1, 0.15) is 11.5 Å². The zero-order valence-electron chi connectivity index (χ0n) is 12.0. The van der Waals surface area contributed by atoms with Crippen molar-refractivity contribution in [2.45, 2.75) is 18.8 Å². The van der Waals surface area contributed by atoms with Crippen molar-refractivity contribution >= 4 is 17.7 Å². The van der Waals surface area contributed by atoms with Gasteiger partial charge in [-0.15, -0.1) is 0 Å². The maximum Gasteiger partial charge on any atom is 0.289 e. The van der Waals surface area contributed by atoms with Gasteiger partial charge in [-0.25, -0.2) is 9.97 Å². The van der Waals surface area contributed by atoms with E-state index in [1.807, 2.05) is 0 Å². The van der Waals surface area contributed by atoms with Crippen LogP contribution >= 0.6 is 0 Å². The normalized spacial score (nSPS) is 16.4. The predicted molar refractivity (Wildman–Crippen MR) is 78.4 cm³/mol. The van der Waals surface area contributed by atoms with Gasteiger partial charge in [0.05, 0.1) is 11.1 Å². The number of carbonyl (C=O) groups is 3. The lowest BCUT2D eigenvalue weighted by Gasteiger charge is -2.14. The first kappa shape index (κ1) is 13.6. The van der Waals surface area contributed by atoms with Crippen molar-refractivity contribution in [1.29, 1.82) is 0 Å². The van der Waals surface area contributed by atoms with Crippen LogP contribution < -0.4 is 5.43 Å². The molecule has 1 aliphatic carbocycles. The van der Waals surface area contributed by atoms with Crippen molar-refractivity contribution in [2.24, 2.45) is 0 Å². The summed E-state index contributed by atoms with van der Waals surface area (Å²) < 4.78 is 0. The summed E-state index contributed by atoms with van der Waals surface area (Å²) in [5.41, 5.74) is 3.02. The van der Waals surface area contributed by atoms with Gasteiger partial charge in [0.2, 0.25) is 0 Å². The number of nitrogens with one attached hydrogen (secondary N) is 1. The zero-order chi connectivity index (χ0) is 16.0. The van der Waals surface area contributed by atoms with E-state index in [0.717, 1.165) is 17.9 Å². The zero-order valence-corrected chi connectivity index (χ0v) is 12.0. The summed E-state index contributed by atoms with van der Waals surface area (Å²) >= 11 is 0. The van der Waals surface area contributed by atoms with Crippen LogP contribution in [0.4, 0.5) is 0 Å². The third-order valence-corrected chi connectivity index (χ3v) is 3.86. The Morgan fingerprint density at radius 1 is 1.09 bits per heavy atom. The van der Waals surface area contributed by atoms with E-state index in [2.05, 4.69) is 15.4 Å². The number of nitrogens with zero attached hydrogens (tertiary/aromatic N) is 3. The van der Waals surface area contributed by atoms with E-state index in [-0.39, 0.29) is 16.8 Å². The molecule has 1 aliphatic heterocycles. The lowest BCUT2D eigenvalue weighted by atomic mass is 10.1. The molecule has 0 atom stereocenters. The smallest absolute Gasteiger partial charge is 0.267 e. The molecule has 1 fully saturated rings. The fraction of sp³-hybridized carbons (Fsp3) is 0.188. The van der Waals surface area contributed by atoms with E-state index in [4.69, 9.17) is 0 Å². The molecule has 0 spiro atoms. The quantitative estimate of drug-likeness (QED) is 0.863. The third-order valence-electron chi connectivity index (χ3n) is 3.86. The fourth-order valence-electron chi connectivity index (χ4n) is 2.49. The monoisotopic (exact) mass is 308 g/mol. The van der Waals surface area contributed by atoms with Crippen LogP contribution in [0.1, 0.15) is 55.8 Å². The number of amides is 3. The number of benzene rings is 1. The highest BCUT2D eigenvalue weighted by atomic mass is 16.2. The molecular weight excluding hydrogens is 296 g/mol. The van der Waals surface area contributed by atoms with Gasteiger partial charge >= 0.3 is 0 Å². The predicted octanol–water partition coefficient (Wildman–Crippen LogP) is 1.29. The van der Waals surface area contributed by atoms with Crippen LogP contribution in [0.3, 0.4) is 0 Å². The lowest BCUT2D eigenvalue weighted by Crippen LogP contribution is -2.46. The molecule has 0 saturated heterocycles. The molecular formula is C16H12N4O3. The highest BCUT2D eigenvalue weighted by Gasteiger charge is 2.37. The SMILES string of the molecule is O=C(NN1C(=O)c2ccccc2C1=O)c1ccnc(C2CC2)n1. The van der Waals surface area contributed by atoms with Crippen molar-refractivity contribution in [1.82, 2.24) is 20.4 Å². The summed E-state index contributed by atoms with van der Waals surface area (Å²) in [7, 11) is 0. The Hall–Kier alpha value is -3.09. The number of carbonyl (C=O) groups excluding carboxylic acids is 3. The Morgan fingerprint density at radius 2 is 1.74 bits per heavy atom. The summed E-state index contributed by atoms with van der Waals surface area (Å²) in [6.07, 6.45) is 3.55. The minimum absolute atomic E-state index is 0.137. The summed E-state index contributed by atoms with van der Waals surface area (Å²) in [4.78, 5) is 45.1. The molecule has 23 heavy (non-hydrogen) atoms. The molecule has 2 aliphatic rings. The van der Waals surface area contributed by atoms with Crippen LogP contribution in [0.2, 0.25) is 0 Å². The molecule has 2 heterocycles. The second-order valence-electron chi connectivity index (χ2n) is 5.51. The molecule has 0 bridgehead atoms. The van der Waals surface area contributed by atoms with Crippen LogP contribution in [-0.4, -0.2) is 32.7 Å². The van der Waals surface area contributed by atoms with Crippen molar-refractivity contribution in [2.75, 3.05) is 0 Å². The van der Waals surface area contributed by atoms with Crippen LogP contribution in [-0.2, 0) is 0 Å². The first-order chi connectivity index (χ1) is 11.1. The Kier molecular flexibility index (Phi) is 2.94. The van der Waals surface area contributed by atoms with E-state index in [1.54, 1.807) is 24.3 Å². The molecule has 1 saturated carbocycles. The number of hydrogen-bond acceptors (Lipinski definition) is 5. The highest BCUT2D eigenvalue weighted by Crippen LogP contribution is 2.37. The fourth-order valence-corrected chi connectivity index (χ4v) is 2.49. The van der Waals surface area contributed by atoms with Crippen LogP contribution in [0.25, 0.3) is 0 Å². The average Bonchev–Trinajstić information content (AvgIpc) is 3.40. The molecule has 3 amide bonds. The van der Waals surface area contributed by atoms with Gasteiger partial charge in [0.15, 0.2) is 0 Å². The number of hydrogen-bond donors (Lipinski definition) is 1. The maximum atomic E-state index is 12.3. The van der Waals surface area contributed by atoms with Crippen molar-refractivity contribution in [3.8, 4) is 0 Å². The molecule has 4 rings (SSSR count). The molecule has 0 unspecified atom stereocenters. The average molecular weight is 308 g/mol. The van der Waals surface area contributed by atoms with E-state index in [0.29, 0.717) is 11.7 Å². The summed E-state index contributed by atoms with van der Waals surface area (Å²) in [6.45, 7) is 0. The van der Waals surface area contributed by atoms with Gasteiger partial charge in [0, 0.05) is 12.1 Å².